The van der Waals surface area contributed by atoms with Gasteiger partial charge in [0.15, 0.2) is 0 Å². The zero-order valence-corrected chi connectivity index (χ0v) is 15.4. The van der Waals surface area contributed by atoms with Gasteiger partial charge >= 0.3 is 5.97 Å². The number of para-hydroxylation sites is 1. The second-order valence-corrected chi connectivity index (χ2v) is 7.60. The molecule has 0 spiro atoms. The molecule has 0 heterocycles. The van der Waals surface area contributed by atoms with Gasteiger partial charge in [0.1, 0.15) is 0 Å². The Morgan fingerprint density at radius 3 is 2.28 bits per heavy atom. The average molecular weight is 362 g/mol. The third-order valence-corrected chi connectivity index (χ3v) is 5.46. The number of carbonyl (C=O) groups excluding carboxylic acids is 1. The Balaban J connectivity index is 2.46. The number of nitrogens with zero attached hydrogens (tertiary/aromatic N) is 2. The highest BCUT2D eigenvalue weighted by atomic mass is 32.2. The molecule has 0 amide bonds. The van der Waals surface area contributed by atoms with Crippen LogP contribution in [0.3, 0.4) is 0 Å². The predicted octanol–water partition coefficient (Wildman–Crippen LogP) is 2.23. The molecule has 2 aromatic rings. The summed E-state index contributed by atoms with van der Waals surface area (Å²) in [6, 6.07) is 14.8. The molecule has 0 aliphatic carbocycles. The molecule has 0 radical (unpaired) electrons. The number of carbonyl (C=O) groups is 1. The fourth-order valence-corrected chi connectivity index (χ4v) is 3.80. The monoisotopic (exact) mass is 362 g/mol. The first-order chi connectivity index (χ1) is 11.9. The molecule has 7 heteroatoms. The molecule has 0 atom stereocenters. The van der Waals surface area contributed by atoms with Crippen LogP contribution in [0.2, 0.25) is 0 Å². The number of likely N-dealkylation sites (N-methyl/N-ethyl adjacent to an activating group) is 1. The quantitative estimate of drug-likeness (QED) is 0.707. The van der Waals surface area contributed by atoms with Crippen LogP contribution in [0, 0.1) is 0 Å². The van der Waals surface area contributed by atoms with E-state index in [0.29, 0.717) is 18.8 Å². The van der Waals surface area contributed by atoms with Gasteiger partial charge in [-0.3, -0.25) is 4.31 Å². The minimum Gasteiger partial charge on any atom is -0.465 e. The van der Waals surface area contributed by atoms with Crippen molar-refractivity contribution < 1.29 is 17.9 Å². The predicted molar refractivity (Wildman–Crippen MR) is 97.3 cm³/mol. The summed E-state index contributed by atoms with van der Waals surface area (Å²) in [4.78, 5) is 13.7. The van der Waals surface area contributed by atoms with E-state index in [0.717, 1.165) is 0 Å². The first kappa shape index (κ1) is 19.0. The number of benzene rings is 2. The summed E-state index contributed by atoms with van der Waals surface area (Å²) < 4.78 is 32.4. The molecule has 0 bridgehead atoms. The number of rotatable bonds is 7. The smallest absolute Gasteiger partial charge is 0.337 e. The van der Waals surface area contributed by atoms with Crippen molar-refractivity contribution in [1.82, 2.24) is 4.90 Å². The molecule has 6 nitrogen and oxygen atoms in total. The topological polar surface area (TPSA) is 66.9 Å². The van der Waals surface area contributed by atoms with E-state index < -0.39 is 16.0 Å². The Hall–Kier alpha value is -2.38. The van der Waals surface area contributed by atoms with E-state index in [4.69, 9.17) is 0 Å². The molecule has 2 aromatic carbocycles. The van der Waals surface area contributed by atoms with E-state index in [1.54, 1.807) is 24.3 Å². The maximum Gasteiger partial charge on any atom is 0.337 e. The van der Waals surface area contributed by atoms with E-state index in [1.165, 1.54) is 35.7 Å². The van der Waals surface area contributed by atoms with Crippen molar-refractivity contribution in [2.24, 2.45) is 0 Å². The largest absolute Gasteiger partial charge is 0.465 e. The lowest BCUT2D eigenvalue weighted by atomic mass is 10.2. The van der Waals surface area contributed by atoms with Crippen molar-refractivity contribution >= 4 is 21.7 Å². The number of esters is 1. The molecule has 0 unspecified atom stereocenters. The minimum atomic E-state index is -3.82. The third-order valence-electron chi connectivity index (χ3n) is 3.64. The van der Waals surface area contributed by atoms with Crippen LogP contribution < -0.4 is 4.31 Å². The number of ether oxygens (including phenoxy) is 1. The molecule has 2 rings (SSSR count). The van der Waals surface area contributed by atoms with Crippen molar-refractivity contribution in [3.05, 3.63) is 60.2 Å². The molecule has 0 fully saturated rings. The van der Waals surface area contributed by atoms with E-state index >= 15 is 0 Å². The van der Waals surface area contributed by atoms with Crippen LogP contribution in [-0.4, -0.2) is 53.6 Å². The van der Waals surface area contributed by atoms with Gasteiger partial charge in [-0.15, -0.1) is 0 Å². The molecule has 0 aliphatic rings. The number of methoxy groups -OCH3 is 1. The summed E-state index contributed by atoms with van der Waals surface area (Å²) in [5.41, 5.74) is 0.775. The van der Waals surface area contributed by atoms with E-state index in [2.05, 4.69) is 4.74 Å². The second kappa shape index (κ2) is 8.13. The van der Waals surface area contributed by atoms with Crippen LogP contribution in [0.15, 0.2) is 59.5 Å². The molecular weight excluding hydrogens is 340 g/mol. The zero-order valence-electron chi connectivity index (χ0n) is 14.5. The third kappa shape index (κ3) is 4.58. The van der Waals surface area contributed by atoms with Crippen LogP contribution in [0.5, 0.6) is 0 Å². The van der Waals surface area contributed by atoms with Gasteiger partial charge in [0.25, 0.3) is 10.0 Å². The van der Waals surface area contributed by atoms with Gasteiger partial charge in [-0.05, 0) is 44.4 Å². The lowest BCUT2D eigenvalue weighted by molar-refractivity contribution is 0.0600. The minimum absolute atomic E-state index is 0.0537. The summed E-state index contributed by atoms with van der Waals surface area (Å²) in [6.07, 6.45) is 0. The number of hydrogen-bond acceptors (Lipinski definition) is 5. The SMILES string of the molecule is COC(=O)c1cccc(S(=O)(=O)N(CCN(C)C)c2ccccc2)c1. The van der Waals surface area contributed by atoms with Crippen LogP contribution in [0.25, 0.3) is 0 Å². The van der Waals surface area contributed by atoms with Gasteiger partial charge in [-0.25, -0.2) is 13.2 Å². The maximum atomic E-state index is 13.2. The van der Waals surface area contributed by atoms with Gasteiger partial charge in [0, 0.05) is 13.1 Å². The lowest BCUT2D eigenvalue weighted by Gasteiger charge is -2.26. The first-order valence-electron chi connectivity index (χ1n) is 7.77. The first-order valence-corrected chi connectivity index (χ1v) is 9.21. The number of anilines is 1. The Morgan fingerprint density at radius 1 is 1.00 bits per heavy atom. The molecule has 0 saturated heterocycles. The van der Waals surface area contributed by atoms with Crippen LogP contribution in [0.4, 0.5) is 5.69 Å². The van der Waals surface area contributed by atoms with Crippen molar-refractivity contribution in [1.29, 1.82) is 0 Å². The molecule has 0 N–H and O–H groups in total. The highest BCUT2D eigenvalue weighted by Crippen LogP contribution is 2.24. The number of hydrogen-bond donors (Lipinski definition) is 0. The highest BCUT2D eigenvalue weighted by Gasteiger charge is 2.25. The average Bonchev–Trinajstić information content (AvgIpc) is 2.61. The number of sulfonamides is 1. The van der Waals surface area contributed by atoms with E-state index in [1.807, 2.05) is 25.1 Å². The summed E-state index contributed by atoms with van der Waals surface area (Å²) in [5.74, 6) is -0.573. The van der Waals surface area contributed by atoms with Gasteiger partial charge in [0.2, 0.25) is 0 Å². The van der Waals surface area contributed by atoms with E-state index in [9.17, 15) is 13.2 Å². The normalized spacial score (nSPS) is 11.4. The van der Waals surface area contributed by atoms with Gasteiger partial charge < -0.3 is 9.64 Å². The summed E-state index contributed by atoms with van der Waals surface area (Å²) in [7, 11) is 1.21. The summed E-state index contributed by atoms with van der Waals surface area (Å²) in [5, 5.41) is 0. The molecule has 0 saturated carbocycles. The van der Waals surface area contributed by atoms with Crippen LogP contribution in [0.1, 0.15) is 10.4 Å². The van der Waals surface area contributed by atoms with Crippen LogP contribution >= 0.6 is 0 Å². The fourth-order valence-electron chi connectivity index (χ4n) is 2.30. The fraction of sp³-hybridized carbons (Fsp3) is 0.278. The Labute approximate surface area is 148 Å². The highest BCUT2D eigenvalue weighted by molar-refractivity contribution is 7.92. The Kier molecular flexibility index (Phi) is 6.17. The van der Waals surface area contributed by atoms with E-state index in [-0.39, 0.29) is 10.5 Å². The molecular formula is C18H22N2O4S. The molecule has 25 heavy (non-hydrogen) atoms. The summed E-state index contributed by atoms with van der Waals surface area (Å²) in [6.45, 7) is 0.854. The van der Waals surface area contributed by atoms with Gasteiger partial charge in [-0.2, -0.15) is 0 Å². The van der Waals surface area contributed by atoms with Crippen LogP contribution in [-0.2, 0) is 14.8 Å². The lowest BCUT2D eigenvalue weighted by Crippen LogP contribution is -2.36. The summed E-state index contributed by atoms with van der Waals surface area (Å²) >= 11 is 0. The second-order valence-electron chi connectivity index (χ2n) is 5.74. The van der Waals surface area contributed by atoms with Crippen molar-refractivity contribution in [3.63, 3.8) is 0 Å². The zero-order chi connectivity index (χ0) is 18.4. The van der Waals surface area contributed by atoms with Crippen molar-refractivity contribution in [3.8, 4) is 0 Å². The van der Waals surface area contributed by atoms with Gasteiger partial charge in [-0.1, -0.05) is 24.3 Å². The van der Waals surface area contributed by atoms with Crippen molar-refractivity contribution in [2.75, 3.05) is 38.6 Å². The maximum absolute atomic E-state index is 13.2. The standard InChI is InChI=1S/C18H22N2O4S/c1-19(2)12-13-20(16-9-5-4-6-10-16)25(22,23)17-11-7-8-15(14-17)18(21)24-3/h4-11,14H,12-13H2,1-3H3. The molecule has 134 valence electrons. The van der Waals surface area contributed by atoms with Gasteiger partial charge in [0.05, 0.1) is 23.3 Å². The Bertz CT molecular complexity index is 820. The molecule has 0 aliphatic heterocycles. The molecule has 0 aromatic heterocycles. The van der Waals surface area contributed by atoms with Crippen molar-refractivity contribution in [2.45, 2.75) is 4.90 Å². The Morgan fingerprint density at radius 2 is 1.68 bits per heavy atom.